The van der Waals surface area contributed by atoms with Crippen molar-refractivity contribution in [2.24, 2.45) is 0 Å². The van der Waals surface area contributed by atoms with Crippen LogP contribution >= 0.6 is 0 Å². The summed E-state index contributed by atoms with van der Waals surface area (Å²) >= 11 is 0. The van der Waals surface area contributed by atoms with Crippen molar-refractivity contribution in [2.75, 3.05) is 26.2 Å². The average Bonchev–Trinajstić information content (AvgIpc) is 2.78. The zero-order chi connectivity index (χ0) is 21.6. The van der Waals surface area contributed by atoms with Gasteiger partial charge in [0.1, 0.15) is 5.56 Å². The Morgan fingerprint density at radius 1 is 1.13 bits per heavy atom. The molecule has 160 valence electrons. The lowest BCUT2D eigenvalue weighted by Gasteiger charge is -2.33. The molecular weight excluding hydrogens is 390 g/mol. The topological polar surface area (TPSA) is 74.4 Å². The van der Waals surface area contributed by atoms with E-state index in [2.05, 4.69) is 27.3 Å². The van der Waals surface area contributed by atoms with Crippen LogP contribution in [0.1, 0.15) is 21.5 Å². The van der Waals surface area contributed by atoms with Gasteiger partial charge in [0.15, 0.2) is 0 Å². The number of benzene rings is 2. The van der Waals surface area contributed by atoms with E-state index in [0.717, 1.165) is 30.8 Å². The lowest BCUT2D eigenvalue weighted by molar-refractivity contribution is -0.0292. The first-order chi connectivity index (χ1) is 15.1. The third-order valence-corrected chi connectivity index (χ3v) is 5.45. The van der Waals surface area contributed by atoms with Gasteiger partial charge >= 0.3 is 0 Å². The number of aromatic nitrogens is 1. The maximum absolute atomic E-state index is 12.6. The quantitative estimate of drug-likeness (QED) is 0.647. The number of pyridine rings is 1. The van der Waals surface area contributed by atoms with Gasteiger partial charge in [0, 0.05) is 31.9 Å². The Morgan fingerprint density at radius 3 is 2.74 bits per heavy atom. The number of aromatic amines is 1. The fourth-order valence-electron chi connectivity index (χ4n) is 3.82. The van der Waals surface area contributed by atoms with Crippen LogP contribution in [0.25, 0.3) is 11.3 Å². The molecule has 1 amide bonds. The molecule has 4 rings (SSSR count). The van der Waals surface area contributed by atoms with E-state index in [1.165, 1.54) is 5.56 Å². The summed E-state index contributed by atoms with van der Waals surface area (Å²) < 4.78 is 5.81. The third-order valence-electron chi connectivity index (χ3n) is 5.45. The van der Waals surface area contributed by atoms with E-state index in [1.807, 2.05) is 49.4 Å². The molecule has 3 aromatic rings. The van der Waals surface area contributed by atoms with Crippen molar-refractivity contribution in [1.82, 2.24) is 15.2 Å². The van der Waals surface area contributed by atoms with Crippen molar-refractivity contribution in [3.05, 3.63) is 93.8 Å². The summed E-state index contributed by atoms with van der Waals surface area (Å²) in [5.41, 5.74) is 3.68. The number of carbonyl (C=O) groups is 1. The minimum Gasteiger partial charge on any atom is -0.374 e. The predicted molar refractivity (Wildman–Crippen MR) is 121 cm³/mol. The summed E-state index contributed by atoms with van der Waals surface area (Å²) in [6.45, 7) is 5.44. The lowest BCUT2D eigenvalue weighted by atomic mass is 10.1. The molecule has 0 spiro atoms. The molecule has 1 unspecified atom stereocenters. The molecule has 2 aromatic carbocycles. The SMILES string of the molecule is Cc1cccc(-c2ccc(C(=O)NCC3CN(Cc4ccccc4)CCO3)c(=O)[nH]2)c1. The smallest absolute Gasteiger partial charge is 0.261 e. The number of hydrogen-bond acceptors (Lipinski definition) is 4. The number of amides is 1. The fourth-order valence-corrected chi connectivity index (χ4v) is 3.82. The molecule has 2 N–H and O–H groups in total. The number of carbonyl (C=O) groups excluding carboxylic acids is 1. The number of ether oxygens (including phenoxy) is 1. The van der Waals surface area contributed by atoms with E-state index in [4.69, 9.17) is 4.74 Å². The van der Waals surface area contributed by atoms with Gasteiger partial charge in [0.25, 0.3) is 11.5 Å². The Balaban J connectivity index is 1.34. The van der Waals surface area contributed by atoms with E-state index in [0.29, 0.717) is 18.8 Å². The molecule has 0 bridgehead atoms. The first-order valence-corrected chi connectivity index (χ1v) is 10.5. The summed E-state index contributed by atoms with van der Waals surface area (Å²) in [5, 5.41) is 2.85. The van der Waals surface area contributed by atoms with Gasteiger partial charge in [-0.1, -0.05) is 54.1 Å². The van der Waals surface area contributed by atoms with E-state index in [9.17, 15) is 9.59 Å². The van der Waals surface area contributed by atoms with E-state index in [-0.39, 0.29) is 17.6 Å². The van der Waals surface area contributed by atoms with Crippen molar-refractivity contribution < 1.29 is 9.53 Å². The van der Waals surface area contributed by atoms with Gasteiger partial charge in [-0.2, -0.15) is 0 Å². The van der Waals surface area contributed by atoms with Gasteiger partial charge in [0.05, 0.1) is 12.7 Å². The molecule has 1 aliphatic rings. The third kappa shape index (κ3) is 5.48. The molecule has 6 heteroatoms. The van der Waals surface area contributed by atoms with E-state index in [1.54, 1.807) is 12.1 Å². The van der Waals surface area contributed by atoms with Crippen molar-refractivity contribution in [3.8, 4) is 11.3 Å². The Kier molecular flexibility index (Phi) is 6.60. The molecule has 6 nitrogen and oxygen atoms in total. The summed E-state index contributed by atoms with van der Waals surface area (Å²) in [5.74, 6) is -0.388. The zero-order valence-corrected chi connectivity index (χ0v) is 17.6. The second-order valence-electron chi connectivity index (χ2n) is 7.91. The molecule has 0 radical (unpaired) electrons. The number of aryl methyl sites for hydroxylation is 1. The lowest BCUT2D eigenvalue weighted by Crippen LogP contribution is -2.47. The van der Waals surface area contributed by atoms with Gasteiger partial charge in [-0.3, -0.25) is 14.5 Å². The first kappa shape index (κ1) is 21.0. The van der Waals surface area contributed by atoms with Gasteiger partial charge in [-0.25, -0.2) is 0 Å². The molecule has 1 fully saturated rings. The number of morpholine rings is 1. The van der Waals surface area contributed by atoms with Gasteiger partial charge in [-0.15, -0.1) is 0 Å². The molecule has 1 aromatic heterocycles. The molecular formula is C25H27N3O3. The first-order valence-electron chi connectivity index (χ1n) is 10.5. The molecule has 1 aliphatic heterocycles. The van der Waals surface area contributed by atoms with Crippen molar-refractivity contribution in [1.29, 1.82) is 0 Å². The van der Waals surface area contributed by atoms with Crippen LogP contribution in [0.3, 0.4) is 0 Å². The second kappa shape index (κ2) is 9.73. The van der Waals surface area contributed by atoms with Gasteiger partial charge in [-0.05, 0) is 36.2 Å². The molecule has 31 heavy (non-hydrogen) atoms. The Morgan fingerprint density at radius 2 is 1.97 bits per heavy atom. The molecule has 2 heterocycles. The molecule has 0 aliphatic carbocycles. The van der Waals surface area contributed by atoms with Crippen LogP contribution in [0.15, 0.2) is 71.5 Å². The summed E-state index contributed by atoms with van der Waals surface area (Å²) in [4.78, 5) is 30.2. The normalized spacial score (nSPS) is 16.7. The standard InChI is InChI=1S/C25H27N3O3/c1-18-6-5-9-20(14-18)23-11-10-22(25(30)27-23)24(29)26-15-21-17-28(12-13-31-21)16-19-7-3-2-4-8-19/h2-11,14,21H,12-13,15-17H2,1H3,(H,26,29)(H,27,30). The molecule has 1 atom stereocenters. The number of nitrogens with one attached hydrogen (secondary N) is 2. The van der Waals surface area contributed by atoms with Gasteiger partial charge < -0.3 is 15.0 Å². The highest BCUT2D eigenvalue weighted by molar-refractivity contribution is 5.94. The van der Waals surface area contributed by atoms with Crippen LogP contribution in [0, 0.1) is 6.92 Å². The monoisotopic (exact) mass is 417 g/mol. The minimum absolute atomic E-state index is 0.105. The highest BCUT2D eigenvalue weighted by Crippen LogP contribution is 2.17. The van der Waals surface area contributed by atoms with Gasteiger partial charge in [0.2, 0.25) is 0 Å². The van der Waals surface area contributed by atoms with Crippen molar-refractivity contribution in [3.63, 3.8) is 0 Å². The number of hydrogen-bond donors (Lipinski definition) is 2. The summed E-state index contributed by atoms with van der Waals surface area (Å²) in [7, 11) is 0. The second-order valence-corrected chi connectivity index (χ2v) is 7.91. The van der Waals surface area contributed by atoms with Crippen LogP contribution in [0.5, 0.6) is 0 Å². The highest BCUT2D eigenvalue weighted by Gasteiger charge is 2.22. The Hall–Kier alpha value is -3.22. The maximum Gasteiger partial charge on any atom is 0.261 e. The van der Waals surface area contributed by atoms with Crippen LogP contribution in [-0.2, 0) is 11.3 Å². The molecule has 0 saturated carbocycles. The molecule has 1 saturated heterocycles. The largest absolute Gasteiger partial charge is 0.374 e. The van der Waals surface area contributed by atoms with Crippen molar-refractivity contribution in [2.45, 2.75) is 19.6 Å². The number of rotatable bonds is 6. The number of nitrogens with zero attached hydrogens (tertiary/aromatic N) is 1. The predicted octanol–water partition coefficient (Wildman–Crippen LogP) is 2.98. The van der Waals surface area contributed by atoms with E-state index < -0.39 is 5.56 Å². The van der Waals surface area contributed by atoms with Crippen LogP contribution < -0.4 is 10.9 Å². The summed E-state index contributed by atoms with van der Waals surface area (Å²) in [6.07, 6.45) is -0.105. The highest BCUT2D eigenvalue weighted by atomic mass is 16.5. The van der Waals surface area contributed by atoms with Crippen LogP contribution in [0.2, 0.25) is 0 Å². The van der Waals surface area contributed by atoms with Crippen molar-refractivity contribution >= 4 is 5.91 Å². The average molecular weight is 418 g/mol. The summed E-state index contributed by atoms with van der Waals surface area (Å²) in [6, 6.07) is 21.5. The van der Waals surface area contributed by atoms with Crippen LogP contribution in [-0.4, -0.2) is 48.1 Å². The fraction of sp³-hybridized carbons (Fsp3) is 0.280. The Bertz CT molecular complexity index is 1090. The minimum atomic E-state index is -0.397. The maximum atomic E-state index is 12.6. The Labute approximate surface area is 181 Å². The number of H-pyrrole nitrogens is 1. The van der Waals surface area contributed by atoms with E-state index >= 15 is 0 Å². The zero-order valence-electron chi connectivity index (χ0n) is 17.6. The van der Waals surface area contributed by atoms with Crippen LogP contribution in [0.4, 0.5) is 0 Å².